The molecule has 2 atom stereocenters. The topological polar surface area (TPSA) is 147 Å². The molecule has 2 aromatic rings. The molecular formula is C20H20ClN3O7S. The van der Waals surface area contributed by atoms with Crippen LogP contribution < -0.4 is 5.32 Å². The fourth-order valence-electron chi connectivity index (χ4n) is 3.49. The van der Waals surface area contributed by atoms with E-state index in [1.807, 2.05) is 0 Å². The van der Waals surface area contributed by atoms with Gasteiger partial charge < -0.3 is 10.4 Å². The number of hydrogen-bond acceptors (Lipinski definition) is 6. The van der Waals surface area contributed by atoms with Crippen molar-refractivity contribution in [3.8, 4) is 0 Å². The predicted octanol–water partition coefficient (Wildman–Crippen LogP) is 2.21. The van der Waals surface area contributed by atoms with Crippen molar-refractivity contribution in [1.82, 2.24) is 9.62 Å². The Morgan fingerprint density at radius 2 is 1.81 bits per heavy atom. The second-order valence-electron chi connectivity index (χ2n) is 7.25. The number of benzene rings is 2. The van der Waals surface area contributed by atoms with Gasteiger partial charge in [-0.2, -0.15) is 4.31 Å². The van der Waals surface area contributed by atoms with Crippen molar-refractivity contribution in [2.45, 2.75) is 36.2 Å². The molecule has 1 fully saturated rings. The maximum absolute atomic E-state index is 13.0. The minimum Gasteiger partial charge on any atom is -0.480 e. The average molecular weight is 482 g/mol. The second-order valence-corrected chi connectivity index (χ2v) is 9.58. The van der Waals surface area contributed by atoms with Crippen LogP contribution >= 0.6 is 11.6 Å². The second kappa shape index (κ2) is 9.63. The SMILES string of the molecule is O=C(O)C(Cc1ccc(Cl)cc1)NC(=O)[C@@H]1CCCN1S(=O)(=O)c1ccc([N+](=O)[O-])cc1. The van der Waals surface area contributed by atoms with Crippen molar-refractivity contribution in [1.29, 1.82) is 0 Å². The lowest BCUT2D eigenvalue weighted by Gasteiger charge is -2.25. The third-order valence-corrected chi connectivity index (χ3v) is 7.30. The molecule has 32 heavy (non-hydrogen) atoms. The van der Waals surface area contributed by atoms with Gasteiger partial charge in [0, 0.05) is 30.1 Å². The number of nitrogens with one attached hydrogen (secondary N) is 1. The van der Waals surface area contributed by atoms with Crippen LogP contribution in [0.5, 0.6) is 0 Å². The number of hydrogen-bond donors (Lipinski definition) is 2. The molecule has 1 heterocycles. The van der Waals surface area contributed by atoms with Crippen LogP contribution in [0.25, 0.3) is 0 Å². The van der Waals surface area contributed by atoms with Crippen LogP contribution in [0.3, 0.4) is 0 Å². The predicted molar refractivity (Wildman–Crippen MR) is 115 cm³/mol. The maximum Gasteiger partial charge on any atom is 0.326 e. The summed E-state index contributed by atoms with van der Waals surface area (Å²) in [5, 5.41) is 23.3. The number of carbonyl (C=O) groups is 2. The van der Waals surface area contributed by atoms with E-state index in [-0.39, 0.29) is 30.0 Å². The fourth-order valence-corrected chi connectivity index (χ4v) is 5.27. The summed E-state index contributed by atoms with van der Waals surface area (Å²) in [4.78, 5) is 34.5. The molecule has 0 aromatic heterocycles. The summed E-state index contributed by atoms with van der Waals surface area (Å²) in [6.45, 7) is 0.0757. The third-order valence-electron chi connectivity index (χ3n) is 5.13. The zero-order valence-corrected chi connectivity index (χ0v) is 18.3. The highest BCUT2D eigenvalue weighted by atomic mass is 35.5. The first-order valence-corrected chi connectivity index (χ1v) is 11.5. The van der Waals surface area contributed by atoms with Gasteiger partial charge in [-0.1, -0.05) is 23.7 Å². The minimum absolute atomic E-state index is 0.0000644. The summed E-state index contributed by atoms with van der Waals surface area (Å²) in [5.74, 6) is -1.97. The lowest BCUT2D eigenvalue weighted by atomic mass is 10.1. The van der Waals surface area contributed by atoms with Gasteiger partial charge in [0.2, 0.25) is 15.9 Å². The van der Waals surface area contributed by atoms with E-state index in [0.717, 1.165) is 28.6 Å². The molecule has 0 saturated carbocycles. The van der Waals surface area contributed by atoms with Gasteiger partial charge in [-0.3, -0.25) is 14.9 Å². The number of non-ortho nitro benzene ring substituents is 1. The minimum atomic E-state index is -4.11. The molecule has 1 aliphatic heterocycles. The van der Waals surface area contributed by atoms with Crippen LogP contribution in [0.4, 0.5) is 5.69 Å². The summed E-state index contributed by atoms with van der Waals surface area (Å²) in [5.41, 5.74) is 0.384. The number of halogens is 1. The van der Waals surface area contributed by atoms with E-state index in [1.54, 1.807) is 24.3 Å². The Morgan fingerprint density at radius 3 is 2.38 bits per heavy atom. The quantitative estimate of drug-likeness (QED) is 0.434. The molecule has 0 spiro atoms. The van der Waals surface area contributed by atoms with Crippen LogP contribution in [0, 0.1) is 10.1 Å². The van der Waals surface area contributed by atoms with Gasteiger partial charge in [0.05, 0.1) is 9.82 Å². The summed E-state index contributed by atoms with van der Waals surface area (Å²) in [6, 6.07) is 8.53. The summed E-state index contributed by atoms with van der Waals surface area (Å²) in [7, 11) is -4.11. The lowest BCUT2D eigenvalue weighted by Crippen LogP contribution is -2.51. The smallest absolute Gasteiger partial charge is 0.326 e. The first-order valence-electron chi connectivity index (χ1n) is 9.63. The van der Waals surface area contributed by atoms with E-state index in [9.17, 15) is 33.2 Å². The van der Waals surface area contributed by atoms with Gasteiger partial charge in [0.15, 0.2) is 0 Å². The van der Waals surface area contributed by atoms with Crippen LogP contribution in [-0.2, 0) is 26.0 Å². The Kier molecular flexibility index (Phi) is 7.12. The van der Waals surface area contributed by atoms with Crippen LogP contribution in [0.2, 0.25) is 5.02 Å². The van der Waals surface area contributed by atoms with Crippen LogP contribution in [0.1, 0.15) is 18.4 Å². The van der Waals surface area contributed by atoms with Crippen molar-refractivity contribution in [3.05, 3.63) is 69.2 Å². The number of nitro groups is 1. The van der Waals surface area contributed by atoms with E-state index >= 15 is 0 Å². The van der Waals surface area contributed by atoms with Crippen LogP contribution in [0.15, 0.2) is 53.4 Å². The van der Waals surface area contributed by atoms with Gasteiger partial charge in [-0.25, -0.2) is 13.2 Å². The van der Waals surface area contributed by atoms with Gasteiger partial charge in [-0.15, -0.1) is 0 Å². The number of aliphatic carboxylic acids is 1. The number of carbonyl (C=O) groups excluding carboxylic acids is 1. The van der Waals surface area contributed by atoms with Gasteiger partial charge in [0.1, 0.15) is 12.1 Å². The Morgan fingerprint density at radius 1 is 1.19 bits per heavy atom. The molecule has 1 unspecified atom stereocenters. The summed E-state index contributed by atoms with van der Waals surface area (Å²) in [6.07, 6.45) is 0.643. The Labute approximate surface area is 189 Å². The molecule has 1 amide bonds. The average Bonchev–Trinajstić information content (AvgIpc) is 3.26. The number of nitrogens with zero attached hydrogens (tertiary/aromatic N) is 2. The first-order chi connectivity index (χ1) is 15.1. The molecule has 3 rings (SSSR count). The van der Waals surface area contributed by atoms with Crippen molar-refractivity contribution in [3.63, 3.8) is 0 Å². The van der Waals surface area contributed by atoms with E-state index in [4.69, 9.17) is 11.6 Å². The van der Waals surface area contributed by atoms with Gasteiger partial charge in [-0.05, 0) is 42.7 Å². The highest BCUT2D eigenvalue weighted by Gasteiger charge is 2.40. The zero-order valence-electron chi connectivity index (χ0n) is 16.7. The monoisotopic (exact) mass is 481 g/mol. The number of nitro benzene ring substituents is 1. The number of carboxylic acid groups (broad SMARTS) is 1. The number of carboxylic acids is 1. The Bertz CT molecular complexity index is 1120. The van der Waals surface area contributed by atoms with Crippen molar-refractivity contribution >= 4 is 39.2 Å². The van der Waals surface area contributed by atoms with Gasteiger partial charge in [0.25, 0.3) is 5.69 Å². The summed E-state index contributed by atoms with van der Waals surface area (Å²) < 4.78 is 27.0. The molecule has 0 aliphatic carbocycles. The van der Waals surface area contributed by atoms with E-state index in [1.165, 1.54) is 0 Å². The molecule has 10 nitrogen and oxygen atoms in total. The molecule has 0 radical (unpaired) electrons. The van der Waals surface area contributed by atoms with E-state index < -0.39 is 38.9 Å². The Balaban J connectivity index is 1.76. The molecule has 1 aliphatic rings. The molecule has 0 bridgehead atoms. The van der Waals surface area contributed by atoms with Crippen molar-refractivity contribution in [2.75, 3.05) is 6.54 Å². The number of rotatable bonds is 8. The van der Waals surface area contributed by atoms with E-state index in [2.05, 4.69) is 5.32 Å². The normalized spacial score (nSPS) is 17.6. The third kappa shape index (κ3) is 5.23. The molecule has 170 valence electrons. The highest BCUT2D eigenvalue weighted by Crippen LogP contribution is 2.27. The largest absolute Gasteiger partial charge is 0.480 e. The molecular weight excluding hydrogens is 462 g/mol. The fraction of sp³-hybridized carbons (Fsp3) is 0.300. The number of sulfonamides is 1. The van der Waals surface area contributed by atoms with Gasteiger partial charge >= 0.3 is 5.97 Å². The lowest BCUT2D eigenvalue weighted by molar-refractivity contribution is -0.384. The molecule has 2 aromatic carbocycles. The standard InChI is InChI=1S/C20H20ClN3O7S/c21-14-5-3-13(4-6-14)12-17(20(26)27)22-19(25)18-2-1-11-23(18)32(30,31)16-9-7-15(8-10-16)24(28)29/h3-10,17-18H,1-2,11-12H2,(H,22,25)(H,26,27)/t17?,18-/m0/s1. The molecule has 2 N–H and O–H groups in total. The van der Waals surface area contributed by atoms with Crippen LogP contribution in [-0.4, -0.2) is 53.3 Å². The Hall–Kier alpha value is -3.02. The number of amides is 1. The zero-order chi connectivity index (χ0) is 23.5. The van der Waals surface area contributed by atoms with E-state index in [0.29, 0.717) is 17.0 Å². The summed E-state index contributed by atoms with van der Waals surface area (Å²) >= 11 is 5.83. The highest BCUT2D eigenvalue weighted by molar-refractivity contribution is 7.89. The van der Waals surface area contributed by atoms with Crippen molar-refractivity contribution in [2.24, 2.45) is 0 Å². The molecule has 1 saturated heterocycles. The maximum atomic E-state index is 13.0. The first kappa shape index (κ1) is 23.6. The van der Waals surface area contributed by atoms with Crippen molar-refractivity contribution < 1.29 is 28.0 Å². The molecule has 12 heteroatoms.